The van der Waals surface area contributed by atoms with Gasteiger partial charge in [0.1, 0.15) is 4.88 Å². The molecule has 1 heterocycles. The first-order chi connectivity index (χ1) is 5.66. The van der Waals surface area contributed by atoms with Crippen molar-refractivity contribution < 1.29 is 9.90 Å². The van der Waals surface area contributed by atoms with Crippen LogP contribution in [-0.2, 0) is 0 Å². The third kappa shape index (κ3) is 1.64. The summed E-state index contributed by atoms with van der Waals surface area (Å²) >= 11 is 1.19. The van der Waals surface area contributed by atoms with Crippen molar-refractivity contribution in [2.24, 2.45) is 0 Å². The smallest absolute Gasteiger partial charge is 0.347 e. The minimum Gasteiger partial charge on any atom is -0.477 e. The van der Waals surface area contributed by atoms with Crippen molar-refractivity contribution in [1.82, 2.24) is 4.98 Å². The quantitative estimate of drug-likeness (QED) is 0.786. The highest BCUT2D eigenvalue weighted by Crippen LogP contribution is 2.23. The molecule has 12 heavy (non-hydrogen) atoms. The number of carboxylic acid groups (broad SMARTS) is 1. The summed E-state index contributed by atoms with van der Waals surface area (Å²) in [6.07, 6.45) is 0.921. The van der Waals surface area contributed by atoms with Crippen molar-refractivity contribution >= 4 is 17.3 Å². The molecule has 0 saturated carbocycles. The van der Waals surface area contributed by atoms with Gasteiger partial charge in [-0.1, -0.05) is 13.8 Å². The SMILES string of the molecule is CCC(C)c1ncsc1C(=O)O. The number of aromatic nitrogens is 1. The molecule has 1 atom stereocenters. The van der Waals surface area contributed by atoms with Crippen LogP contribution in [0, 0.1) is 0 Å². The summed E-state index contributed by atoms with van der Waals surface area (Å²) in [5.41, 5.74) is 2.31. The van der Waals surface area contributed by atoms with E-state index in [2.05, 4.69) is 4.98 Å². The monoisotopic (exact) mass is 185 g/mol. The molecular weight excluding hydrogens is 174 g/mol. The molecule has 1 unspecified atom stereocenters. The summed E-state index contributed by atoms with van der Waals surface area (Å²) in [7, 11) is 0. The van der Waals surface area contributed by atoms with E-state index in [1.54, 1.807) is 5.51 Å². The minimum absolute atomic E-state index is 0.238. The maximum Gasteiger partial charge on any atom is 0.347 e. The Balaban J connectivity index is 2.98. The molecule has 0 aromatic carbocycles. The number of nitrogens with zero attached hydrogens (tertiary/aromatic N) is 1. The predicted molar refractivity (Wildman–Crippen MR) is 47.8 cm³/mol. The second-order valence-electron chi connectivity index (χ2n) is 2.68. The van der Waals surface area contributed by atoms with Crippen molar-refractivity contribution in [3.63, 3.8) is 0 Å². The van der Waals surface area contributed by atoms with Crippen LogP contribution in [0.1, 0.15) is 41.6 Å². The van der Waals surface area contributed by atoms with Gasteiger partial charge in [0.15, 0.2) is 0 Å². The fraction of sp³-hybridized carbons (Fsp3) is 0.500. The zero-order valence-corrected chi connectivity index (χ0v) is 7.89. The number of thiazole rings is 1. The van der Waals surface area contributed by atoms with E-state index in [1.807, 2.05) is 13.8 Å². The number of hydrogen-bond donors (Lipinski definition) is 1. The van der Waals surface area contributed by atoms with Crippen molar-refractivity contribution in [2.45, 2.75) is 26.2 Å². The molecule has 0 aliphatic carbocycles. The highest BCUT2D eigenvalue weighted by Gasteiger charge is 2.17. The standard InChI is InChI=1S/C8H11NO2S/c1-3-5(2)6-7(8(10)11)12-4-9-6/h4-5H,3H2,1-2H3,(H,10,11). The molecule has 1 aromatic rings. The molecule has 3 nitrogen and oxygen atoms in total. The molecule has 0 amide bonds. The lowest BCUT2D eigenvalue weighted by Crippen LogP contribution is -2.01. The topological polar surface area (TPSA) is 50.2 Å². The lowest BCUT2D eigenvalue weighted by molar-refractivity contribution is 0.0700. The van der Waals surface area contributed by atoms with E-state index in [9.17, 15) is 4.79 Å². The molecule has 0 aliphatic heterocycles. The predicted octanol–water partition coefficient (Wildman–Crippen LogP) is 2.35. The van der Waals surface area contributed by atoms with Crippen LogP contribution < -0.4 is 0 Å². The molecule has 0 radical (unpaired) electrons. The molecule has 0 saturated heterocycles. The van der Waals surface area contributed by atoms with Crippen molar-refractivity contribution in [3.8, 4) is 0 Å². The molecule has 0 bridgehead atoms. The third-order valence-electron chi connectivity index (χ3n) is 1.87. The van der Waals surface area contributed by atoms with Gasteiger partial charge in [0.2, 0.25) is 0 Å². The van der Waals surface area contributed by atoms with Gasteiger partial charge >= 0.3 is 5.97 Å². The fourth-order valence-electron chi connectivity index (χ4n) is 0.959. The number of carbonyl (C=O) groups is 1. The maximum absolute atomic E-state index is 10.7. The Bertz CT molecular complexity index is 282. The van der Waals surface area contributed by atoms with Gasteiger partial charge in [-0.05, 0) is 12.3 Å². The normalized spacial score (nSPS) is 12.8. The summed E-state index contributed by atoms with van der Waals surface area (Å²) in [6, 6.07) is 0. The number of hydrogen-bond acceptors (Lipinski definition) is 3. The first-order valence-corrected chi connectivity index (χ1v) is 4.71. The zero-order chi connectivity index (χ0) is 9.14. The zero-order valence-electron chi connectivity index (χ0n) is 7.07. The lowest BCUT2D eigenvalue weighted by Gasteiger charge is -2.04. The lowest BCUT2D eigenvalue weighted by atomic mass is 10.0. The summed E-state index contributed by atoms with van der Waals surface area (Å²) in [6.45, 7) is 4.01. The molecule has 1 aromatic heterocycles. The van der Waals surface area contributed by atoms with Gasteiger partial charge in [0, 0.05) is 0 Å². The van der Waals surface area contributed by atoms with Gasteiger partial charge in [-0.3, -0.25) is 0 Å². The molecular formula is C8H11NO2S. The van der Waals surface area contributed by atoms with Crippen LogP contribution in [0.25, 0.3) is 0 Å². The minimum atomic E-state index is -0.868. The summed E-state index contributed by atoms with van der Waals surface area (Å²) in [4.78, 5) is 15.1. The van der Waals surface area contributed by atoms with Gasteiger partial charge < -0.3 is 5.11 Å². The third-order valence-corrected chi connectivity index (χ3v) is 2.70. The van der Waals surface area contributed by atoms with Gasteiger partial charge in [-0.15, -0.1) is 11.3 Å². The Morgan fingerprint density at radius 1 is 1.83 bits per heavy atom. The summed E-state index contributed by atoms with van der Waals surface area (Å²) in [5.74, 6) is -0.629. The van der Waals surface area contributed by atoms with E-state index in [4.69, 9.17) is 5.11 Å². The first kappa shape index (κ1) is 9.19. The van der Waals surface area contributed by atoms with Gasteiger partial charge in [-0.2, -0.15) is 0 Å². The Morgan fingerprint density at radius 3 is 3.00 bits per heavy atom. The highest BCUT2D eigenvalue weighted by molar-refractivity contribution is 7.11. The van der Waals surface area contributed by atoms with Crippen LogP contribution in [-0.4, -0.2) is 16.1 Å². The van der Waals surface area contributed by atoms with E-state index in [0.717, 1.165) is 12.1 Å². The second-order valence-corrected chi connectivity index (χ2v) is 3.54. The summed E-state index contributed by atoms with van der Waals surface area (Å²) < 4.78 is 0. The van der Waals surface area contributed by atoms with Gasteiger partial charge in [0.05, 0.1) is 11.2 Å². The van der Waals surface area contributed by atoms with E-state index in [0.29, 0.717) is 4.88 Å². The Morgan fingerprint density at radius 2 is 2.50 bits per heavy atom. The van der Waals surface area contributed by atoms with Crippen LogP contribution in [0.3, 0.4) is 0 Å². The van der Waals surface area contributed by atoms with Crippen LogP contribution in [0.5, 0.6) is 0 Å². The molecule has 66 valence electrons. The van der Waals surface area contributed by atoms with Crippen LogP contribution in [0.2, 0.25) is 0 Å². The van der Waals surface area contributed by atoms with Crippen LogP contribution >= 0.6 is 11.3 Å². The van der Waals surface area contributed by atoms with E-state index >= 15 is 0 Å². The highest BCUT2D eigenvalue weighted by atomic mass is 32.1. The van der Waals surface area contributed by atoms with Crippen LogP contribution in [0.4, 0.5) is 0 Å². The number of carboxylic acids is 1. The van der Waals surface area contributed by atoms with E-state index in [-0.39, 0.29) is 5.92 Å². The molecule has 0 spiro atoms. The number of rotatable bonds is 3. The van der Waals surface area contributed by atoms with Gasteiger partial charge in [-0.25, -0.2) is 9.78 Å². The average Bonchev–Trinajstić information content (AvgIpc) is 2.50. The Labute approximate surface area is 75.1 Å². The molecule has 0 fully saturated rings. The fourth-order valence-corrected chi connectivity index (χ4v) is 1.71. The Kier molecular flexibility index (Phi) is 2.81. The summed E-state index contributed by atoms with van der Waals surface area (Å²) in [5, 5.41) is 8.77. The van der Waals surface area contributed by atoms with Crippen LogP contribution in [0.15, 0.2) is 5.51 Å². The average molecular weight is 185 g/mol. The molecule has 1 rings (SSSR count). The first-order valence-electron chi connectivity index (χ1n) is 3.83. The van der Waals surface area contributed by atoms with Gasteiger partial charge in [0.25, 0.3) is 0 Å². The Hall–Kier alpha value is -0.900. The maximum atomic E-state index is 10.7. The number of aromatic carboxylic acids is 1. The van der Waals surface area contributed by atoms with E-state index in [1.165, 1.54) is 11.3 Å². The molecule has 1 N–H and O–H groups in total. The largest absolute Gasteiger partial charge is 0.477 e. The molecule has 0 aliphatic rings. The molecule has 4 heteroatoms. The van der Waals surface area contributed by atoms with Crippen molar-refractivity contribution in [1.29, 1.82) is 0 Å². The van der Waals surface area contributed by atoms with Crippen molar-refractivity contribution in [2.75, 3.05) is 0 Å². The van der Waals surface area contributed by atoms with E-state index < -0.39 is 5.97 Å². The second kappa shape index (κ2) is 3.67. The van der Waals surface area contributed by atoms with Crippen molar-refractivity contribution in [3.05, 3.63) is 16.1 Å².